The van der Waals surface area contributed by atoms with E-state index in [9.17, 15) is 27.6 Å². The minimum atomic E-state index is -4.50. The van der Waals surface area contributed by atoms with Crippen LogP contribution in [0.5, 0.6) is 0 Å². The molecule has 0 radical (unpaired) electrons. The first kappa shape index (κ1) is 36.2. The normalized spacial score (nSPS) is 15.0. The standard InChI is InChI=1S/C33H35F3N8O4.C2H6/c1-3-21-6-5-13-37-27(21)30(46)42-16-14-41(15-17-42)28-25(4-2)43(20-26(45)38-24-9-7-23(8-10-24)33(34,35)36)32-39-29(40-44(32)31(28)47)22-11-18-48-19-12-22;1-2/h5-11,13H,3-4,12,14-20H2,1-2H3,(H,38,45);1-2H3. The molecule has 2 amide bonds. The number of amides is 2. The first-order chi connectivity index (χ1) is 24.1. The van der Waals surface area contributed by atoms with Crippen molar-refractivity contribution in [2.75, 3.05) is 49.6 Å². The van der Waals surface area contributed by atoms with Crippen LogP contribution in [0, 0.1) is 0 Å². The Morgan fingerprint density at radius 1 is 1.00 bits per heavy atom. The number of aromatic nitrogens is 5. The fourth-order valence-corrected chi connectivity index (χ4v) is 6.08. The Balaban J connectivity index is 0.00000239. The molecule has 3 aromatic heterocycles. The second-order valence-electron chi connectivity index (χ2n) is 11.5. The monoisotopic (exact) mass is 694 g/mol. The third-order valence-electron chi connectivity index (χ3n) is 8.57. The lowest BCUT2D eigenvalue weighted by atomic mass is 10.1. The molecule has 2 aliphatic heterocycles. The molecule has 0 aliphatic carbocycles. The van der Waals surface area contributed by atoms with E-state index < -0.39 is 23.2 Å². The minimum Gasteiger partial charge on any atom is -0.377 e. The summed E-state index contributed by atoms with van der Waals surface area (Å²) in [6.07, 6.45) is 0.541. The van der Waals surface area contributed by atoms with Crippen LogP contribution in [0.25, 0.3) is 11.4 Å². The molecule has 4 aromatic rings. The topological polar surface area (TPSA) is 127 Å². The largest absolute Gasteiger partial charge is 0.416 e. The Labute approximate surface area is 287 Å². The first-order valence-corrected chi connectivity index (χ1v) is 16.8. The zero-order valence-electron chi connectivity index (χ0n) is 28.6. The predicted molar refractivity (Wildman–Crippen MR) is 183 cm³/mol. The zero-order chi connectivity index (χ0) is 36.0. The number of nitrogens with one attached hydrogen (secondary N) is 1. The highest BCUT2D eigenvalue weighted by Gasteiger charge is 2.31. The second kappa shape index (κ2) is 15.7. The van der Waals surface area contributed by atoms with Crippen molar-refractivity contribution in [1.82, 2.24) is 29.0 Å². The van der Waals surface area contributed by atoms with Gasteiger partial charge in [0.25, 0.3) is 11.5 Å². The van der Waals surface area contributed by atoms with Crippen molar-refractivity contribution in [3.63, 3.8) is 0 Å². The van der Waals surface area contributed by atoms with Crippen LogP contribution in [0.4, 0.5) is 24.5 Å². The van der Waals surface area contributed by atoms with E-state index in [1.54, 1.807) is 21.7 Å². The number of hydrogen-bond acceptors (Lipinski definition) is 8. The van der Waals surface area contributed by atoms with E-state index >= 15 is 0 Å². The molecule has 1 fully saturated rings. The predicted octanol–water partition coefficient (Wildman–Crippen LogP) is 4.86. The van der Waals surface area contributed by atoms with Gasteiger partial charge in [-0.1, -0.05) is 39.8 Å². The summed E-state index contributed by atoms with van der Waals surface area (Å²) in [5, 5.41) is 7.22. The molecule has 1 aromatic carbocycles. The number of benzene rings is 1. The van der Waals surface area contributed by atoms with Crippen LogP contribution in [0.15, 0.2) is 53.5 Å². The van der Waals surface area contributed by atoms with E-state index in [1.165, 1.54) is 16.6 Å². The van der Waals surface area contributed by atoms with E-state index in [1.807, 2.05) is 44.7 Å². The highest BCUT2D eigenvalue weighted by molar-refractivity contribution is 5.94. The van der Waals surface area contributed by atoms with Crippen LogP contribution in [0.3, 0.4) is 0 Å². The summed E-state index contributed by atoms with van der Waals surface area (Å²) < 4.78 is 47.4. The van der Waals surface area contributed by atoms with E-state index in [0.29, 0.717) is 81.6 Å². The van der Waals surface area contributed by atoms with Gasteiger partial charge < -0.3 is 24.4 Å². The smallest absolute Gasteiger partial charge is 0.377 e. The molecule has 5 heterocycles. The van der Waals surface area contributed by atoms with E-state index in [2.05, 4.69) is 20.4 Å². The van der Waals surface area contributed by atoms with Gasteiger partial charge in [0, 0.05) is 38.1 Å². The third kappa shape index (κ3) is 7.57. The quantitative estimate of drug-likeness (QED) is 0.277. The highest BCUT2D eigenvalue weighted by Crippen LogP contribution is 2.30. The van der Waals surface area contributed by atoms with Crippen molar-refractivity contribution in [2.45, 2.75) is 59.7 Å². The number of alkyl halides is 3. The van der Waals surface area contributed by atoms with Gasteiger partial charge in [-0.05, 0) is 60.7 Å². The summed E-state index contributed by atoms with van der Waals surface area (Å²) >= 11 is 0. The van der Waals surface area contributed by atoms with Gasteiger partial charge >= 0.3 is 6.18 Å². The lowest BCUT2D eigenvalue weighted by molar-refractivity contribution is -0.137. The molecule has 50 heavy (non-hydrogen) atoms. The van der Waals surface area contributed by atoms with Gasteiger partial charge in [0.2, 0.25) is 11.7 Å². The summed E-state index contributed by atoms with van der Waals surface area (Å²) in [5.74, 6) is -0.166. The Hall–Kier alpha value is -5.05. The number of halogens is 3. The Bertz CT molecular complexity index is 1930. The van der Waals surface area contributed by atoms with Crippen molar-refractivity contribution >= 4 is 34.5 Å². The number of pyridine rings is 1. The van der Waals surface area contributed by atoms with Crippen LogP contribution in [-0.2, 0) is 35.1 Å². The molecule has 0 bridgehead atoms. The lowest BCUT2D eigenvalue weighted by Crippen LogP contribution is -2.51. The number of rotatable bonds is 8. The third-order valence-corrected chi connectivity index (χ3v) is 8.57. The molecule has 0 atom stereocenters. The average molecular weight is 695 g/mol. The van der Waals surface area contributed by atoms with Crippen molar-refractivity contribution in [3.05, 3.63) is 87.4 Å². The SMILES string of the molecule is CC.CCc1cccnc1C(=O)N1CCN(c2c(CC)n(CC(=O)Nc3ccc(C(F)(F)F)cc3)c3nc(C4=CCOCC4)nn3c2=O)CC1. The molecule has 12 nitrogen and oxygen atoms in total. The van der Waals surface area contributed by atoms with Crippen LogP contribution in [-0.4, -0.2) is 80.3 Å². The van der Waals surface area contributed by atoms with Gasteiger partial charge in [-0.25, -0.2) is 0 Å². The molecular weight excluding hydrogens is 653 g/mol. The zero-order valence-corrected chi connectivity index (χ0v) is 28.6. The summed E-state index contributed by atoms with van der Waals surface area (Å²) in [6, 6.07) is 7.87. The van der Waals surface area contributed by atoms with Gasteiger partial charge in [0.05, 0.1) is 24.5 Å². The summed E-state index contributed by atoms with van der Waals surface area (Å²) in [6.45, 7) is 9.84. The van der Waals surface area contributed by atoms with Crippen molar-refractivity contribution in [1.29, 1.82) is 0 Å². The van der Waals surface area contributed by atoms with Crippen LogP contribution in [0.1, 0.15) is 67.2 Å². The molecule has 1 saturated heterocycles. The number of fused-ring (bicyclic) bond motifs is 1. The summed E-state index contributed by atoms with van der Waals surface area (Å²) in [7, 11) is 0. The van der Waals surface area contributed by atoms with Gasteiger partial charge in [-0.2, -0.15) is 22.7 Å². The molecule has 1 N–H and O–H groups in total. The fourth-order valence-electron chi connectivity index (χ4n) is 6.08. The Morgan fingerprint density at radius 2 is 1.72 bits per heavy atom. The summed E-state index contributed by atoms with van der Waals surface area (Å²) in [5.41, 5.74) is 1.97. The van der Waals surface area contributed by atoms with Gasteiger partial charge in [0.1, 0.15) is 17.9 Å². The lowest BCUT2D eigenvalue weighted by Gasteiger charge is -2.36. The molecule has 15 heteroatoms. The van der Waals surface area contributed by atoms with E-state index in [-0.39, 0.29) is 23.9 Å². The average Bonchev–Trinajstić information content (AvgIpc) is 3.60. The minimum absolute atomic E-state index is 0.165. The number of piperazine rings is 1. The number of nitrogens with zero attached hydrogens (tertiary/aromatic N) is 7. The van der Waals surface area contributed by atoms with E-state index in [4.69, 9.17) is 4.74 Å². The van der Waals surface area contributed by atoms with Crippen LogP contribution in [0.2, 0.25) is 0 Å². The maximum atomic E-state index is 14.1. The highest BCUT2D eigenvalue weighted by atomic mass is 19.4. The number of anilines is 2. The molecule has 266 valence electrons. The molecule has 0 unspecified atom stereocenters. The number of carbonyl (C=O) groups is 2. The first-order valence-electron chi connectivity index (χ1n) is 16.8. The van der Waals surface area contributed by atoms with Crippen molar-refractivity contribution < 1.29 is 27.5 Å². The molecular formula is C35H41F3N8O4. The Kier molecular flexibility index (Phi) is 11.3. The molecule has 6 rings (SSSR count). The van der Waals surface area contributed by atoms with Gasteiger partial charge in [0.15, 0.2) is 5.82 Å². The maximum Gasteiger partial charge on any atom is 0.416 e. The van der Waals surface area contributed by atoms with Crippen molar-refractivity contribution in [2.24, 2.45) is 0 Å². The number of carbonyl (C=O) groups excluding carboxylic acids is 2. The van der Waals surface area contributed by atoms with Crippen LogP contribution >= 0.6 is 0 Å². The van der Waals surface area contributed by atoms with Crippen LogP contribution < -0.4 is 15.8 Å². The van der Waals surface area contributed by atoms with Gasteiger partial charge in [-0.3, -0.25) is 19.4 Å². The second-order valence-corrected chi connectivity index (χ2v) is 11.5. The molecule has 0 saturated carbocycles. The number of hydrogen-bond donors (Lipinski definition) is 1. The number of aryl methyl sites for hydroxylation is 1. The molecule has 2 aliphatic rings. The summed E-state index contributed by atoms with van der Waals surface area (Å²) in [4.78, 5) is 53.5. The Morgan fingerprint density at radius 3 is 2.34 bits per heavy atom. The molecule has 0 spiro atoms. The fraction of sp³-hybridized carbons (Fsp3) is 0.429. The maximum absolute atomic E-state index is 14.1. The van der Waals surface area contributed by atoms with Crippen molar-refractivity contribution in [3.8, 4) is 0 Å². The van der Waals surface area contributed by atoms with Gasteiger partial charge in [-0.15, -0.1) is 5.10 Å². The number of ether oxygens (including phenoxy) is 1. The van der Waals surface area contributed by atoms with E-state index in [0.717, 1.165) is 23.3 Å².